The molecule has 1 atom stereocenters. The molecule has 3 rings (SSSR count). The van der Waals surface area contributed by atoms with E-state index in [0.717, 1.165) is 10.9 Å². The van der Waals surface area contributed by atoms with Gasteiger partial charge in [-0.1, -0.05) is 12.2 Å². The molecule has 2 heterocycles. The van der Waals surface area contributed by atoms with E-state index in [4.69, 9.17) is 0 Å². The Morgan fingerprint density at radius 2 is 1.90 bits per heavy atom. The van der Waals surface area contributed by atoms with Crippen LogP contribution in [-0.2, 0) is 6.54 Å². The second kappa shape index (κ2) is 8.54. The maximum atomic E-state index is 13.8. The molecule has 164 valence electrons. The average Bonchev–Trinajstić information content (AvgIpc) is 2.73. The molecule has 31 heavy (non-hydrogen) atoms. The lowest BCUT2D eigenvalue weighted by Gasteiger charge is -2.21. The van der Waals surface area contributed by atoms with Crippen molar-refractivity contribution in [3.8, 4) is 5.75 Å². The number of halogens is 3. The molecular weight excluding hydrogens is 417 g/mol. The molecule has 1 aromatic carbocycles. The number of nitrogens with one attached hydrogen (secondary N) is 2. The lowest BCUT2D eigenvalue weighted by atomic mass is 10.1. The Labute approximate surface area is 174 Å². The fourth-order valence-electron chi connectivity index (χ4n) is 3.02. The van der Waals surface area contributed by atoms with Gasteiger partial charge in [0.05, 0.1) is 6.04 Å². The first kappa shape index (κ1) is 21.9. The molecule has 3 N–H and O–H groups in total. The molecule has 2 amide bonds. The molecule has 0 unspecified atom stereocenters. The summed E-state index contributed by atoms with van der Waals surface area (Å²) in [5, 5.41) is 12.5. The smallest absolute Gasteiger partial charge is 0.276 e. The Balaban J connectivity index is 1.97. The lowest BCUT2D eigenvalue weighted by molar-refractivity contribution is 0.0795. The van der Waals surface area contributed by atoms with E-state index in [9.17, 15) is 32.7 Å². The summed E-state index contributed by atoms with van der Waals surface area (Å²) in [6, 6.07) is 0.583. The summed E-state index contributed by atoms with van der Waals surface area (Å²) in [5.74, 6) is -6.20. The van der Waals surface area contributed by atoms with Gasteiger partial charge in [0, 0.05) is 44.0 Å². The van der Waals surface area contributed by atoms with E-state index in [0.29, 0.717) is 12.1 Å². The topological polar surface area (TPSA) is 104 Å². The van der Waals surface area contributed by atoms with Crippen LogP contribution in [0.5, 0.6) is 5.75 Å². The minimum atomic E-state index is -1.21. The van der Waals surface area contributed by atoms with Gasteiger partial charge in [0.2, 0.25) is 5.43 Å². The van der Waals surface area contributed by atoms with Gasteiger partial charge in [0.25, 0.3) is 11.8 Å². The number of amides is 2. The number of hydrogen-bond donors (Lipinski definition) is 3. The van der Waals surface area contributed by atoms with Crippen molar-refractivity contribution in [2.24, 2.45) is 0 Å². The predicted octanol–water partition coefficient (Wildman–Crippen LogP) is 1.47. The molecule has 0 saturated carbocycles. The molecular formula is C20H19F3N4O4. The maximum absolute atomic E-state index is 13.8. The summed E-state index contributed by atoms with van der Waals surface area (Å²) in [5.41, 5.74) is 0.190. The van der Waals surface area contributed by atoms with Gasteiger partial charge in [-0.2, -0.15) is 0 Å². The first-order valence-electron chi connectivity index (χ1n) is 9.19. The van der Waals surface area contributed by atoms with Gasteiger partial charge in [-0.25, -0.2) is 13.2 Å². The monoisotopic (exact) mass is 436 g/mol. The summed E-state index contributed by atoms with van der Waals surface area (Å²) in [6.45, 7) is 1.30. The van der Waals surface area contributed by atoms with Crippen molar-refractivity contribution in [1.29, 1.82) is 0 Å². The molecule has 0 saturated heterocycles. The van der Waals surface area contributed by atoms with Crippen molar-refractivity contribution in [3.63, 3.8) is 0 Å². The predicted molar refractivity (Wildman–Crippen MR) is 105 cm³/mol. The fraction of sp³-hybridized carbons (Fsp3) is 0.250. The van der Waals surface area contributed by atoms with E-state index >= 15 is 0 Å². The highest BCUT2D eigenvalue weighted by atomic mass is 19.1. The van der Waals surface area contributed by atoms with Gasteiger partial charge < -0.3 is 20.7 Å². The van der Waals surface area contributed by atoms with E-state index in [-0.39, 0.29) is 18.3 Å². The number of likely N-dealkylation sites (N-methyl/N-ethyl adjacent to an activating group) is 1. The first-order chi connectivity index (χ1) is 14.6. The number of fused-ring (bicyclic) bond motifs is 1. The van der Waals surface area contributed by atoms with E-state index in [1.165, 1.54) is 11.9 Å². The Morgan fingerprint density at radius 3 is 2.55 bits per heavy atom. The highest BCUT2D eigenvalue weighted by Gasteiger charge is 2.27. The van der Waals surface area contributed by atoms with E-state index in [1.807, 2.05) is 0 Å². The Kier molecular flexibility index (Phi) is 6.04. The van der Waals surface area contributed by atoms with Crippen LogP contribution in [0.3, 0.4) is 0 Å². The molecule has 0 fully saturated rings. The van der Waals surface area contributed by atoms with Crippen LogP contribution in [-0.4, -0.2) is 46.1 Å². The highest BCUT2D eigenvalue weighted by Crippen LogP contribution is 2.18. The number of aromatic nitrogens is 1. The number of hydrogen-bond acceptors (Lipinski definition) is 5. The number of carbonyl (C=O) groups excluding carboxylic acids is 2. The number of carbonyl (C=O) groups is 2. The molecule has 0 radical (unpaired) electrons. The fourth-order valence-corrected chi connectivity index (χ4v) is 3.02. The van der Waals surface area contributed by atoms with Crippen LogP contribution in [0.2, 0.25) is 0 Å². The highest BCUT2D eigenvalue weighted by molar-refractivity contribution is 5.98. The third-order valence-corrected chi connectivity index (χ3v) is 4.66. The standard InChI is InChI=1S/C20H19F3N4O4/c1-10-4-3-5-26(2)20(31)16-18(29)17(28)13(9-27(16)25-10)19(30)24-8-12-14(22)6-11(21)7-15(12)23/h3-4,6-7,9-10,25,29H,5,8H2,1-2H3,(H,24,30)/b4-3-/t10-/m1/s1. The largest absolute Gasteiger partial charge is 0.502 e. The van der Waals surface area contributed by atoms with Crippen LogP contribution in [0.1, 0.15) is 33.3 Å². The number of rotatable bonds is 3. The summed E-state index contributed by atoms with van der Waals surface area (Å²) >= 11 is 0. The second-order valence-electron chi connectivity index (χ2n) is 7.00. The van der Waals surface area contributed by atoms with Crippen LogP contribution < -0.4 is 16.2 Å². The number of aromatic hydroxyl groups is 1. The minimum Gasteiger partial charge on any atom is -0.502 e. The van der Waals surface area contributed by atoms with Crippen molar-refractivity contribution in [2.75, 3.05) is 19.0 Å². The normalized spacial score (nSPS) is 17.1. The van der Waals surface area contributed by atoms with Crippen molar-refractivity contribution in [2.45, 2.75) is 19.5 Å². The zero-order chi connectivity index (χ0) is 22.9. The van der Waals surface area contributed by atoms with E-state index in [1.54, 1.807) is 19.1 Å². The van der Waals surface area contributed by atoms with Crippen LogP contribution in [0, 0.1) is 17.5 Å². The molecule has 1 aliphatic rings. The van der Waals surface area contributed by atoms with Gasteiger partial charge in [-0.3, -0.25) is 19.1 Å². The zero-order valence-electron chi connectivity index (χ0n) is 16.6. The van der Waals surface area contributed by atoms with Crippen molar-refractivity contribution >= 4 is 11.8 Å². The summed E-state index contributed by atoms with van der Waals surface area (Å²) in [6.07, 6.45) is 4.48. The van der Waals surface area contributed by atoms with Crippen LogP contribution in [0.25, 0.3) is 0 Å². The quantitative estimate of drug-likeness (QED) is 0.633. The minimum absolute atomic E-state index is 0.232. The van der Waals surface area contributed by atoms with Crippen molar-refractivity contribution in [1.82, 2.24) is 14.9 Å². The first-order valence-corrected chi connectivity index (χ1v) is 9.19. The third-order valence-electron chi connectivity index (χ3n) is 4.66. The van der Waals surface area contributed by atoms with Crippen LogP contribution in [0.4, 0.5) is 13.2 Å². The molecule has 11 heteroatoms. The van der Waals surface area contributed by atoms with Gasteiger partial charge >= 0.3 is 0 Å². The van der Waals surface area contributed by atoms with Gasteiger partial charge in [-0.05, 0) is 6.92 Å². The van der Waals surface area contributed by atoms with E-state index in [2.05, 4.69) is 10.7 Å². The SMILES string of the molecule is C[C@@H]1/C=C\CN(C)C(=O)c2c(O)c(=O)c(C(=O)NCc3c(F)cc(F)cc3F)cn2N1. The molecule has 0 spiro atoms. The molecule has 1 aliphatic heterocycles. The molecule has 1 aromatic heterocycles. The van der Waals surface area contributed by atoms with Crippen LogP contribution >= 0.6 is 0 Å². The van der Waals surface area contributed by atoms with E-state index < -0.39 is 58.1 Å². The van der Waals surface area contributed by atoms with Gasteiger partial charge in [0.15, 0.2) is 11.4 Å². The van der Waals surface area contributed by atoms with Crippen LogP contribution in [0.15, 0.2) is 35.3 Å². The Bertz CT molecular complexity index is 1120. The lowest BCUT2D eigenvalue weighted by Crippen LogP contribution is -2.37. The number of benzene rings is 1. The summed E-state index contributed by atoms with van der Waals surface area (Å²) in [4.78, 5) is 39.0. The molecule has 8 nitrogen and oxygen atoms in total. The zero-order valence-corrected chi connectivity index (χ0v) is 16.6. The van der Waals surface area contributed by atoms with Crippen molar-refractivity contribution < 1.29 is 27.9 Å². The number of nitrogens with zero attached hydrogens (tertiary/aromatic N) is 2. The Hall–Kier alpha value is -3.76. The Morgan fingerprint density at radius 1 is 1.26 bits per heavy atom. The third kappa shape index (κ3) is 4.39. The second-order valence-corrected chi connectivity index (χ2v) is 7.00. The number of pyridine rings is 1. The van der Waals surface area contributed by atoms with Gasteiger partial charge in [-0.15, -0.1) is 0 Å². The summed E-state index contributed by atoms with van der Waals surface area (Å²) < 4.78 is 41.7. The van der Waals surface area contributed by atoms with Gasteiger partial charge in [0.1, 0.15) is 23.0 Å². The molecule has 0 aliphatic carbocycles. The molecule has 2 aromatic rings. The van der Waals surface area contributed by atoms with Crippen molar-refractivity contribution in [3.05, 3.63) is 75.0 Å². The molecule has 0 bridgehead atoms. The average molecular weight is 436 g/mol. The summed E-state index contributed by atoms with van der Waals surface area (Å²) in [7, 11) is 1.48. The maximum Gasteiger partial charge on any atom is 0.276 e.